The molecular weight excluding hydrogens is 637 g/mol. The summed E-state index contributed by atoms with van der Waals surface area (Å²) in [7, 11) is -4.73. The van der Waals surface area contributed by atoms with Gasteiger partial charge in [-0.25, -0.2) is 9.36 Å². The first kappa shape index (κ1) is 46.5. The van der Waals surface area contributed by atoms with Gasteiger partial charge < -0.3 is 25.2 Å². The number of unbranched alkanes of at least 4 members (excludes halogenated alkanes) is 22. The first-order valence-corrected chi connectivity index (χ1v) is 20.6. The number of carbonyl (C=O) groups excluding carboxylic acids is 2. The summed E-state index contributed by atoms with van der Waals surface area (Å²) in [6.45, 7) is 2.50. The zero-order valence-corrected chi connectivity index (χ0v) is 31.2. The number of aliphatic carboxylic acids is 1. The molecule has 0 aromatic rings. The van der Waals surface area contributed by atoms with E-state index < -0.39 is 57.6 Å². The lowest BCUT2D eigenvalue weighted by Crippen LogP contribution is -2.43. The number of phosphoric ester groups is 1. The summed E-state index contributed by atoms with van der Waals surface area (Å²) in [6, 6.07) is -1.54. The number of aliphatic hydroxyl groups excluding tert-OH is 1. The SMILES string of the molecule is CCCCCCCCCCCCCCCCCCCCC(=O)OCC(O)COP(=O)(O)OCC(NC(=O)CCCCCCCC)C(=O)O. The number of rotatable bonds is 36. The van der Waals surface area contributed by atoms with Crippen molar-refractivity contribution in [3.63, 3.8) is 0 Å². The number of aliphatic hydroxyl groups is 1. The molecule has 0 saturated heterocycles. The highest BCUT2D eigenvalue weighted by Gasteiger charge is 2.28. The van der Waals surface area contributed by atoms with Crippen molar-refractivity contribution < 1.29 is 47.8 Å². The molecule has 11 nitrogen and oxygen atoms in total. The van der Waals surface area contributed by atoms with E-state index in [2.05, 4.69) is 19.2 Å². The van der Waals surface area contributed by atoms with Crippen LogP contribution >= 0.6 is 7.82 Å². The topological polar surface area (TPSA) is 169 Å². The van der Waals surface area contributed by atoms with Crippen LogP contribution in [0.5, 0.6) is 0 Å². The molecule has 0 aliphatic rings. The van der Waals surface area contributed by atoms with Gasteiger partial charge in [-0.2, -0.15) is 0 Å². The Balaban J connectivity index is 3.81. The van der Waals surface area contributed by atoms with E-state index in [1.807, 2.05) is 0 Å². The highest BCUT2D eigenvalue weighted by atomic mass is 31.2. The smallest absolute Gasteiger partial charge is 0.472 e. The van der Waals surface area contributed by atoms with Crippen molar-refractivity contribution in [1.29, 1.82) is 0 Å². The molecule has 3 atom stereocenters. The second-order valence-corrected chi connectivity index (χ2v) is 14.6. The first-order valence-electron chi connectivity index (χ1n) is 19.1. The molecule has 1 amide bonds. The number of carboxylic acid groups (broad SMARTS) is 1. The molecular formula is C36H70NO10P. The molecule has 0 aromatic heterocycles. The molecule has 0 rings (SSSR count). The van der Waals surface area contributed by atoms with Crippen LogP contribution in [-0.2, 0) is 32.7 Å². The zero-order chi connectivity index (χ0) is 35.7. The van der Waals surface area contributed by atoms with Gasteiger partial charge in [-0.05, 0) is 12.8 Å². The van der Waals surface area contributed by atoms with E-state index >= 15 is 0 Å². The fourth-order valence-corrected chi connectivity index (χ4v) is 6.15. The standard InChI is InChI=1S/C36H70NO10P/c1-3-5-7-9-11-12-13-14-15-16-17-18-19-20-21-22-24-26-28-35(40)45-29-32(38)30-46-48(43,44)47-31-33(36(41)42)37-34(39)27-25-23-10-8-6-4-2/h32-33,38H,3-31H2,1-2H3,(H,37,39)(H,41,42)(H,43,44). The van der Waals surface area contributed by atoms with Crippen LogP contribution in [0, 0.1) is 0 Å². The van der Waals surface area contributed by atoms with Gasteiger partial charge in [0.15, 0.2) is 6.04 Å². The van der Waals surface area contributed by atoms with Crippen LogP contribution < -0.4 is 5.32 Å². The van der Waals surface area contributed by atoms with Gasteiger partial charge >= 0.3 is 19.8 Å². The van der Waals surface area contributed by atoms with Crippen LogP contribution in [0.3, 0.4) is 0 Å². The Morgan fingerprint density at radius 2 is 0.958 bits per heavy atom. The second kappa shape index (κ2) is 32.7. The molecule has 3 unspecified atom stereocenters. The van der Waals surface area contributed by atoms with E-state index in [0.717, 1.165) is 51.4 Å². The van der Waals surface area contributed by atoms with E-state index in [4.69, 9.17) is 13.8 Å². The summed E-state index contributed by atoms with van der Waals surface area (Å²) in [6.07, 6.45) is 27.6. The van der Waals surface area contributed by atoms with E-state index in [-0.39, 0.29) is 12.8 Å². The summed E-state index contributed by atoms with van der Waals surface area (Å²) < 4.78 is 26.6. The monoisotopic (exact) mass is 707 g/mol. The molecule has 4 N–H and O–H groups in total. The number of carbonyl (C=O) groups is 3. The average Bonchev–Trinajstić information content (AvgIpc) is 3.05. The van der Waals surface area contributed by atoms with E-state index in [1.54, 1.807) is 0 Å². The van der Waals surface area contributed by atoms with E-state index in [0.29, 0.717) is 12.8 Å². The quantitative estimate of drug-likeness (QED) is 0.0281. The molecule has 0 radical (unpaired) electrons. The molecule has 0 aromatic carbocycles. The summed E-state index contributed by atoms with van der Waals surface area (Å²) in [5.41, 5.74) is 0. The number of nitrogens with one attached hydrogen (secondary N) is 1. The van der Waals surface area contributed by atoms with Gasteiger partial charge in [0.25, 0.3) is 0 Å². The van der Waals surface area contributed by atoms with Crippen molar-refractivity contribution in [3.8, 4) is 0 Å². The summed E-state index contributed by atoms with van der Waals surface area (Å²) in [5, 5.41) is 21.6. The van der Waals surface area contributed by atoms with Crippen molar-refractivity contribution in [2.24, 2.45) is 0 Å². The fraction of sp³-hybridized carbons (Fsp3) is 0.917. The van der Waals surface area contributed by atoms with Crippen molar-refractivity contribution >= 4 is 25.7 Å². The minimum absolute atomic E-state index is 0.146. The third-order valence-electron chi connectivity index (χ3n) is 8.40. The lowest BCUT2D eigenvalue weighted by atomic mass is 10.0. The Kier molecular flexibility index (Phi) is 31.6. The van der Waals surface area contributed by atoms with Gasteiger partial charge in [-0.15, -0.1) is 0 Å². The molecule has 12 heteroatoms. The molecule has 0 spiro atoms. The molecule has 284 valence electrons. The fourth-order valence-electron chi connectivity index (χ4n) is 5.37. The lowest BCUT2D eigenvalue weighted by Gasteiger charge is -2.18. The van der Waals surface area contributed by atoms with Gasteiger partial charge in [0.1, 0.15) is 12.7 Å². The Hall–Kier alpha value is -1.52. The third kappa shape index (κ3) is 31.7. The van der Waals surface area contributed by atoms with Crippen LogP contribution in [0.1, 0.15) is 181 Å². The molecule has 0 saturated carbocycles. The number of hydrogen-bond acceptors (Lipinski definition) is 8. The molecule has 48 heavy (non-hydrogen) atoms. The lowest BCUT2D eigenvalue weighted by molar-refractivity contribution is -0.147. The van der Waals surface area contributed by atoms with Crippen molar-refractivity contribution in [2.75, 3.05) is 19.8 Å². The van der Waals surface area contributed by atoms with Crippen LogP contribution in [0.25, 0.3) is 0 Å². The number of phosphoric acid groups is 1. The Labute approximate surface area is 291 Å². The average molecular weight is 708 g/mol. The minimum atomic E-state index is -4.73. The molecule has 0 heterocycles. The number of amides is 1. The Morgan fingerprint density at radius 1 is 0.583 bits per heavy atom. The Bertz CT molecular complexity index is 844. The predicted octanol–water partition coefficient (Wildman–Crippen LogP) is 8.78. The summed E-state index contributed by atoms with van der Waals surface area (Å²) >= 11 is 0. The van der Waals surface area contributed by atoms with Gasteiger partial charge in [0.2, 0.25) is 5.91 Å². The molecule has 0 aliphatic heterocycles. The number of esters is 1. The maximum atomic E-state index is 12.1. The van der Waals surface area contributed by atoms with Gasteiger partial charge in [0.05, 0.1) is 13.2 Å². The van der Waals surface area contributed by atoms with Gasteiger partial charge in [0, 0.05) is 12.8 Å². The van der Waals surface area contributed by atoms with E-state index in [9.17, 15) is 34.1 Å². The predicted molar refractivity (Wildman–Crippen MR) is 190 cm³/mol. The second-order valence-electron chi connectivity index (χ2n) is 13.1. The molecule has 0 bridgehead atoms. The molecule has 0 aliphatic carbocycles. The highest BCUT2D eigenvalue weighted by Crippen LogP contribution is 2.43. The molecule has 0 fully saturated rings. The van der Waals surface area contributed by atoms with Crippen molar-refractivity contribution in [1.82, 2.24) is 5.32 Å². The van der Waals surface area contributed by atoms with Crippen LogP contribution in [-0.4, -0.2) is 64.9 Å². The van der Waals surface area contributed by atoms with Gasteiger partial charge in [-0.1, -0.05) is 155 Å². The summed E-state index contributed by atoms with van der Waals surface area (Å²) in [4.78, 5) is 45.4. The van der Waals surface area contributed by atoms with Crippen LogP contribution in [0.15, 0.2) is 0 Å². The normalized spacial score (nSPS) is 13.9. The number of ether oxygens (including phenoxy) is 1. The van der Waals surface area contributed by atoms with Crippen LogP contribution in [0.4, 0.5) is 0 Å². The number of hydrogen-bond donors (Lipinski definition) is 4. The van der Waals surface area contributed by atoms with E-state index in [1.165, 1.54) is 89.9 Å². The van der Waals surface area contributed by atoms with Crippen molar-refractivity contribution in [3.05, 3.63) is 0 Å². The van der Waals surface area contributed by atoms with Crippen LogP contribution in [0.2, 0.25) is 0 Å². The van der Waals surface area contributed by atoms with Gasteiger partial charge in [-0.3, -0.25) is 18.6 Å². The highest BCUT2D eigenvalue weighted by molar-refractivity contribution is 7.47. The van der Waals surface area contributed by atoms with Crippen molar-refractivity contribution in [2.45, 2.75) is 193 Å². The number of carboxylic acids is 1. The third-order valence-corrected chi connectivity index (χ3v) is 9.35. The maximum Gasteiger partial charge on any atom is 0.472 e. The Morgan fingerprint density at radius 3 is 1.38 bits per heavy atom. The first-order chi connectivity index (χ1) is 23.1. The largest absolute Gasteiger partial charge is 0.480 e. The maximum absolute atomic E-state index is 12.1. The summed E-state index contributed by atoms with van der Waals surface area (Å²) in [5.74, 6) is -2.37. The zero-order valence-electron chi connectivity index (χ0n) is 30.3. The minimum Gasteiger partial charge on any atom is -0.480 e.